The molecular formula is C15H24F3N3O2. The number of alkyl halides is 3. The van der Waals surface area contributed by atoms with E-state index in [4.69, 9.17) is 5.73 Å². The molecule has 8 heteroatoms. The molecule has 2 fully saturated rings. The van der Waals surface area contributed by atoms with E-state index in [1.807, 2.05) is 4.90 Å². The summed E-state index contributed by atoms with van der Waals surface area (Å²) in [6, 6.07) is -0.0297. The third-order valence-electron chi connectivity index (χ3n) is 4.82. The van der Waals surface area contributed by atoms with Gasteiger partial charge in [-0.05, 0) is 32.1 Å². The van der Waals surface area contributed by atoms with Gasteiger partial charge in [0.2, 0.25) is 11.8 Å². The molecule has 2 rings (SSSR count). The highest BCUT2D eigenvalue weighted by Crippen LogP contribution is 2.40. The number of primary amides is 1. The van der Waals surface area contributed by atoms with Crippen LogP contribution in [0.15, 0.2) is 0 Å². The van der Waals surface area contributed by atoms with Crippen molar-refractivity contribution in [2.24, 2.45) is 17.6 Å². The van der Waals surface area contributed by atoms with E-state index >= 15 is 0 Å². The maximum Gasteiger partial charge on any atom is 0.391 e. The van der Waals surface area contributed by atoms with E-state index in [-0.39, 0.29) is 37.2 Å². The zero-order valence-electron chi connectivity index (χ0n) is 13.1. The van der Waals surface area contributed by atoms with E-state index < -0.39 is 18.0 Å². The van der Waals surface area contributed by atoms with Crippen LogP contribution in [-0.2, 0) is 9.59 Å². The standard InChI is InChI=1S/C15H24F3N3O2/c16-15(17,18)11-3-1-2-10(8-11)14(23)20-12-4-6-21(7-5-12)9-13(19)22/h10-12H,1-9H2,(H2,19,22)(H,20,23). The number of carbonyl (C=O) groups excluding carboxylic acids is 2. The molecule has 0 aromatic heterocycles. The molecule has 3 N–H and O–H groups in total. The van der Waals surface area contributed by atoms with Gasteiger partial charge in [0.15, 0.2) is 0 Å². The topological polar surface area (TPSA) is 75.4 Å². The van der Waals surface area contributed by atoms with Crippen LogP contribution in [0.1, 0.15) is 38.5 Å². The van der Waals surface area contributed by atoms with Gasteiger partial charge in [-0.2, -0.15) is 13.2 Å². The van der Waals surface area contributed by atoms with Crippen molar-refractivity contribution in [2.75, 3.05) is 19.6 Å². The van der Waals surface area contributed by atoms with Gasteiger partial charge in [0.05, 0.1) is 12.5 Å². The maximum atomic E-state index is 12.8. The Balaban J connectivity index is 1.78. The Morgan fingerprint density at radius 3 is 2.35 bits per heavy atom. The molecule has 23 heavy (non-hydrogen) atoms. The lowest BCUT2D eigenvalue weighted by atomic mass is 9.80. The van der Waals surface area contributed by atoms with E-state index in [2.05, 4.69) is 5.32 Å². The zero-order chi connectivity index (χ0) is 17.0. The molecule has 1 aliphatic heterocycles. The molecule has 5 nitrogen and oxygen atoms in total. The maximum absolute atomic E-state index is 12.8. The normalized spacial score (nSPS) is 27.6. The van der Waals surface area contributed by atoms with Crippen molar-refractivity contribution in [3.05, 3.63) is 0 Å². The van der Waals surface area contributed by atoms with Crippen LogP contribution in [0, 0.1) is 11.8 Å². The van der Waals surface area contributed by atoms with Crippen molar-refractivity contribution < 1.29 is 22.8 Å². The molecular weight excluding hydrogens is 311 g/mol. The fourth-order valence-electron chi connectivity index (χ4n) is 3.50. The number of hydrogen-bond acceptors (Lipinski definition) is 3. The van der Waals surface area contributed by atoms with Gasteiger partial charge < -0.3 is 11.1 Å². The minimum atomic E-state index is -4.21. The number of carbonyl (C=O) groups is 2. The number of piperidine rings is 1. The highest BCUT2D eigenvalue weighted by molar-refractivity contribution is 5.79. The monoisotopic (exact) mass is 335 g/mol. The molecule has 2 unspecified atom stereocenters. The number of nitrogens with two attached hydrogens (primary N) is 1. The van der Waals surface area contributed by atoms with Gasteiger partial charge in [-0.15, -0.1) is 0 Å². The lowest BCUT2D eigenvalue weighted by Gasteiger charge is -2.34. The summed E-state index contributed by atoms with van der Waals surface area (Å²) in [7, 11) is 0. The summed E-state index contributed by atoms with van der Waals surface area (Å²) in [6.45, 7) is 1.52. The van der Waals surface area contributed by atoms with Crippen LogP contribution in [0.25, 0.3) is 0 Å². The summed E-state index contributed by atoms with van der Waals surface area (Å²) in [5.74, 6) is -2.54. The molecule has 1 saturated heterocycles. The average Bonchev–Trinajstić information content (AvgIpc) is 2.48. The Labute approximate surface area is 133 Å². The van der Waals surface area contributed by atoms with Crippen molar-refractivity contribution in [3.8, 4) is 0 Å². The van der Waals surface area contributed by atoms with Gasteiger partial charge in [-0.1, -0.05) is 6.42 Å². The summed E-state index contributed by atoms with van der Waals surface area (Å²) in [5.41, 5.74) is 5.14. The summed E-state index contributed by atoms with van der Waals surface area (Å²) >= 11 is 0. The number of likely N-dealkylation sites (tertiary alicyclic amines) is 1. The van der Waals surface area contributed by atoms with E-state index in [0.717, 1.165) is 0 Å². The number of nitrogens with zero attached hydrogens (tertiary/aromatic N) is 1. The fraction of sp³-hybridized carbons (Fsp3) is 0.867. The van der Waals surface area contributed by atoms with Crippen LogP contribution >= 0.6 is 0 Å². The average molecular weight is 335 g/mol. The largest absolute Gasteiger partial charge is 0.391 e. The van der Waals surface area contributed by atoms with Gasteiger partial charge in [-0.25, -0.2) is 0 Å². The quantitative estimate of drug-likeness (QED) is 0.816. The molecule has 0 aromatic carbocycles. The summed E-state index contributed by atoms with van der Waals surface area (Å²) in [5, 5.41) is 2.89. The number of halogens is 3. The predicted octanol–water partition coefficient (Wildman–Crippen LogP) is 1.42. The Morgan fingerprint density at radius 2 is 1.78 bits per heavy atom. The van der Waals surface area contributed by atoms with Gasteiger partial charge in [0, 0.05) is 25.0 Å². The second-order valence-electron chi connectivity index (χ2n) is 6.63. The summed E-state index contributed by atoms with van der Waals surface area (Å²) in [6.07, 6.45) is -1.84. The van der Waals surface area contributed by atoms with E-state index in [1.165, 1.54) is 0 Å². The van der Waals surface area contributed by atoms with Gasteiger partial charge in [0.1, 0.15) is 0 Å². The van der Waals surface area contributed by atoms with Crippen LogP contribution in [0.5, 0.6) is 0 Å². The molecule has 0 bridgehead atoms. The minimum absolute atomic E-state index is 0.0297. The van der Waals surface area contributed by atoms with E-state index in [0.29, 0.717) is 38.8 Å². The highest BCUT2D eigenvalue weighted by atomic mass is 19.4. The number of hydrogen-bond donors (Lipinski definition) is 2. The third kappa shape index (κ3) is 5.37. The van der Waals surface area contributed by atoms with Crippen molar-refractivity contribution in [3.63, 3.8) is 0 Å². The molecule has 1 aliphatic carbocycles. The molecule has 2 aliphatic rings. The van der Waals surface area contributed by atoms with Crippen LogP contribution in [-0.4, -0.2) is 48.6 Å². The molecule has 0 aromatic rings. The first kappa shape index (κ1) is 18.0. The Morgan fingerprint density at radius 1 is 1.13 bits per heavy atom. The zero-order valence-corrected chi connectivity index (χ0v) is 13.1. The number of nitrogens with one attached hydrogen (secondary N) is 1. The Kier molecular flexibility index (Phi) is 5.89. The molecule has 1 heterocycles. The van der Waals surface area contributed by atoms with Crippen molar-refractivity contribution in [1.29, 1.82) is 0 Å². The minimum Gasteiger partial charge on any atom is -0.369 e. The van der Waals surface area contributed by atoms with Gasteiger partial charge in [-0.3, -0.25) is 14.5 Å². The molecule has 0 spiro atoms. The van der Waals surface area contributed by atoms with Gasteiger partial charge >= 0.3 is 6.18 Å². The first-order valence-electron chi connectivity index (χ1n) is 8.13. The summed E-state index contributed by atoms with van der Waals surface area (Å²) < 4.78 is 38.4. The first-order valence-corrected chi connectivity index (χ1v) is 8.13. The van der Waals surface area contributed by atoms with E-state index in [9.17, 15) is 22.8 Å². The number of rotatable bonds is 4. The van der Waals surface area contributed by atoms with Crippen LogP contribution < -0.4 is 11.1 Å². The van der Waals surface area contributed by atoms with Crippen LogP contribution in [0.3, 0.4) is 0 Å². The third-order valence-corrected chi connectivity index (χ3v) is 4.82. The SMILES string of the molecule is NC(=O)CN1CCC(NC(=O)C2CCCC(C(F)(F)F)C2)CC1. The predicted molar refractivity (Wildman–Crippen MR) is 78.3 cm³/mol. The van der Waals surface area contributed by atoms with Crippen LogP contribution in [0.4, 0.5) is 13.2 Å². The van der Waals surface area contributed by atoms with Crippen molar-refractivity contribution >= 4 is 11.8 Å². The van der Waals surface area contributed by atoms with Gasteiger partial charge in [0.25, 0.3) is 0 Å². The lowest BCUT2D eigenvalue weighted by molar-refractivity contribution is -0.186. The molecule has 2 atom stereocenters. The smallest absolute Gasteiger partial charge is 0.369 e. The second kappa shape index (κ2) is 7.51. The molecule has 1 saturated carbocycles. The molecule has 2 amide bonds. The lowest BCUT2D eigenvalue weighted by Crippen LogP contribution is -2.48. The second-order valence-corrected chi connectivity index (χ2v) is 6.63. The van der Waals surface area contributed by atoms with E-state index in [1.54, 1.807) is 0 Å². The molecule has 132 valence electrons. The number of amides is 2. The van der Waals surface area contributed by atoms with Crippen LogP contribution in [0.2, 0.25) is 0 Å². The Bertz CT molecular complexity index is 434. The Hall–Kier alpha value is -1.31. The molecule has 0 radical (unpaired) electrons. The first-order chi connectivity index (χ1) is 10.8. The van der Waals surface area contributed by atoms with Crippen molar-refractivity contribution in [1.82, 2.24) is 10.2 Å². The fourth-order valence-corrected chi connectivity index (χ4v) is 3.50. The highest BCUT2D eigenvalue weighted by Gasteiger charge is 2.43. The van der Waals surface area contributed by atoms with Crippen molar-refractivity contribution in [2.45, 2.75) is 50.7 Å². The summed E-state index contributed by atoms with van der Waals surface area (Å²) in [4.78, 5) is 25.0.